The van der Waals surface area contributed by atoms with Gasteiger partial charge < -0.3 is 5.11 Å². The first kappa shape index (κ1) is 14.6. The van der Waals surface area contributed by atoms with Gasteiger partial charge in [0, 0.05) is 30.0 Å². The summed E-state index contributed by atoms with van der Waals surface area (Å²) in [6.45, 7) is 5.94. The maximum absolute atomic E-state index is 8.77. The Morgan fingerprint density at radius 2 is 2.42 bits per heavy atom. The Morgan fingerprint density at radius 3 is 3.21 bits per heavy atom. The molecule has 1 aromatic heterocycles. The topological polar surface area (TPSA) is 23.5 Å². The molecular formula is C16H23NOS. The third-order valence-corrected chi connectivity index (χ3v) is 4.66. The van der Waals surface area contributed by atoms with E-state index in [0.29, 0.717) is 6.42 Å². The van der Waals surface area contributed by atoms with E-state index < -0.39 is 0 Å². The highest BCUT2D eigenvalue weighted by Crippen LogP contribution is 2.24. The fraction of sp³-hybridized carbons (Fsp3) is 0.625. The first-order valence-electron chi connectivity index (χ1n) is 7.22. The standard InChI is InChI=1S/C16H23NOS/c1-2-14-6-5-9-17(12-14)13-16-15(8-11-19-16)7-3-4-10-18/h8,11,14,18H,2,4-6,9-10,12-13H2,1H3. The fourth-order valence-corrected chi connectivity index (χ4v) is 3.49. The summed E-state index contributed by atoms with van der Waals surface area (Å²) in [5.41, 5.74) is 1.15. The molecule has 1 aliphatic heterocycles. The van der Waals surface area contributed by atoms with E-state index in [1.807, 2.05) is 0 Å². The van der Waals surface area contributed by atoms with Gasteiger partial charge in [-0.05, 0) is 36.8 Å². The van der Waals surface area contributed by atoms with Crippen LogP contribution in [-0.4, -0.2) is 29.7 Å². The molecule has 1 saturated heterocycles. The number of hydrogen-bond acceptors (Lipinski definition) is 3. The molecule has 2 nitrogen and oxygen atoms in total. The number of thiophene rings is 1. The number of likely N-dealkylation sites (tertiary alicyclic amines) is 1. The third kappa shape index (κ3) is 4.35. The van der Waals surface area contributed by atoms with Crippen molar-refractivity contribution in [1.82, 2.24) is 4.90 Å². The van der Waals surface area contributed by atoms with Crippen LogP contribution in [0.1, 0.15) is 43.0 Å². The lowest BCUT2D eigenvalue weighted by Gasteiger charge is -2.31. The van der Waals surface area contributed by atoms with Crippen LogP contribution in [0.15, 0.2) is 11.4 Å². The summed E-state index contributed by atoms with van der Waals surface area (Å²) in [7, 11) is 0. The van der Waals surface area contributed by atoms with Crippen molar-refractivity contribution in [2.75, 3.05) is 19.7 Å². The van der Waals surface area contributed by atoms with E-state index in [4.69, 9.17) is 5.11 Å². The predicted molar refractivity (Wildman–Crippen MR) is 81.2 cm³/mol. The van der Waals surface area contributed by atoms with Crippen molar-refractivity contribution in [3.8, 4) is 11.8 Å². The second-order valence-corrected chi connectivity index (χ2v) is 6.19. The maximum atomic E-state index is 8.77. The van der Waals surface area contributed by atoms with E-state index in [-0.39, 0.29) is 6.61 Å². The second kappa shape index (κ2) is 7.69. The van der Waals surface area contributed by atoms with Gasteiger partial charge in [0.2, 0.25) is 0 Å². The van der Waals surface area contributed by atoms with Gasteiger partial charge in [-0.2, -0.15) is 0 Å². The molecule has 1 fully saturated rings. The molecule has 1 aromatic rings. The predicted octanol–water partition coefficient (Wildman–Crippen LogP) is 3.10. The summed E-state index contributed by atoms with van der Waals surface area (Å²) >= 11 is 1.80. The molecule has 1 unspecified atom stereocenters. The summed E-state index contributed by atoms with van der Waals surface area (Å²) < 4.78 is 0. The second-order valence-electron chi connectivity index (χ2n) is 5.18. The van der Waals surface area contributed by atoms with Crippen LogP contribution < -0.4 is 0 Å². The van der Waals surface area contributed by atoms with Crippen molar-refractivity contribution in [2.45, 2.75) is 39.2 Å². The normalized spacial score (nSPS) is 20.0. The van der Waals surface area contributed by atoms with Crippen molar-refractivity contribution in [3.05, 3.63) is 21.9 Å². The molecule has 0 aromatic carbocycles. The molecule has 104 valence electrons. The first-order chi connectivity index (χ1) is 9.33. The average Bonchev–Trinajstić information content (AvgIpc) is 2.87. The molecular weight excluding hydrogens is 254 g/mol. The number of piperidine rings is 1. The molecule has 0 aliphatic carbocycles. The summed E-state index contributed by atoms with van der Waals surface area (Å²) in [5, 5.41) is 10.9. The summed E-state index contributed by atoms with van der Waals surface area (Å²) in [6, 6.07) is 2.10. The molecule has 2 rings (SSSR count). The molecule has 0 radical (unpaired) electrons. The van der Waals surface area contributed by atoms with Crippen LogP contribution >= 0.6 is 11.3 Å². The molecule has 1 atom stereocenters. The molecule has 2 heterocycles. The van der Waals surface area contributed by atoms with Gasteiger partial charge in [0.15, 0.2) is 0 Å². The van der Waals surface area contributed by atoms with Gasteiger partial charge in [-0.1, -0.05) is 25.2 Å². The molecule has 1 N–H and O–H groups in total. The van der Waals surface area contributed by atoms with Gasteiger partial charge in [0.05, 0.1) is 6.61 Å². The minimum atomic E-state index is 0.150. The van der Waals surface area contributed by atoms with Crippen LogP contribution in [0.4, 0.5) is 0 Å². The zero-order chi connectivity index (χ0) is 13.5. The highest BCUT2D eigenvalue weighted by Gasteiger charge is 2.19. The van der Waals surface area contributed by atoms with Crippen LogP contribution in [0.5, 0.6) is 0 Å². The smallest absolute Gasteiger partial charge is 0.0540 e. The highest BCUT2D eigenvalue weighted by molar-refractivity contribution is 7.10. The Labute approximate surface area is 120 Å². The molecule has 19 heavy (non-hydrogen) atoms. The SMILES string of the molecule is CCC1CCCN(Cc2sccc2C#CCCO)C1. The Kier molecular flexibility index (Phi) is 5.91. The fourth-order valence-electron chi connectivity index (χ4n) is 2.62. The average molecular weight is 277 g/mol. The lowest BCUT2D eigenvalue weighted by Crippen LogP contribution is -2.34. The number of nitrogens with zero attached hydrogens (tertiary/aromatic N) is 1. The highest BCUT2D eigenvalue weighted by atomic mass is 32.1. The molecule has 0 spiro atoms. The Bertz CT molecular complexity index is 443. The number of hydrogen-bond donors (Lipinski definition) is 1. The zero-order valence-electron chi connectivity index (χ0n) is 11.7. The van der Waals surface area contributed by atoms with Crippen LogP contribution in [0.3, 0.4) is 0 Å². The van der Waals surface area contributed by atoms with Crippen molar-refractivity contribution in [1.29, 1.82) is 0 Å². The van der Waals surface area contributed by atoms with Crippen LogP contribution in [0.25, 0.3) is 0 Å². The van der Waals surface area contributed by atoms with E-state index in [0.717, 1.165) is 18.0 Å². The first-order valence-corrected chi connectivity index (χ1v) is 8.10. The number of rotatable bonds is 4. The van der Waals surface area contributed by atoms with Gasteiger partial charge in [0.25, 0.3) is 0 Å². The van der Waals surface area contributed by atoms with E-state index in [1.54, 1.807) is 11.3 Å². The minimum absolute atomic E-state index is 0.150. The molecule has 0 bridgehead atoms. The number of aliphatic hydroxyl groups is 1. The Balaban J connectivity index is 1.96. The van der Waals surface area contributed by atoms with Gasteiger partial charge >= 0.3 is 0 Å². The maximum Gasteiger partial charge on any atom is 0.0540 e. The zero-order valence-corrected chi connectivity index (χ0v) is 12.5. The van der Waals surface area contributed by atoms with Gasteiger partial charge in [-0.15, -0.1) is 11.3 Å². The van der Waals surface area contributed by atoms with E-state index in [1.165, 1.54) is 37.2 Å². The molecule has 1 aliphatic rings. The van der Waals surface area contributed by atoms with Gasteiger partial charge in [-0.3, -0.25) is 4.90 Å². The van der Waals surface area contributed by atoms with Crippen molar-refractivity contribution >= 4 is 11.3 Å². The molecule has 3 heteroatoms. The Morgan fingerprint density at radius 1 is 1.53 bits per heavy atom. The van der Waals surface area contributed by atoms with E-state index >= 15 is 0 Å². The summed E-state index contributed by atoms with van der Waals surface area (Å²) in [6.07, 6.45) is 4.58. The van der Waals surface area contributed by atoms with Crippen LogP contribution in [-0.2, 0) is 6.54 Å². The third-order valence-electron chi connectivity index (χ3n) is 3.75. The lowest BCUT2D eigenvalue weighted by molar-refractivity contribution is 0.166. The summed E-state index contributed by atoms with van der Waals surface area (Å²) in [5.74, 6) is 7.08. The Hall–Kier alpha value is -0.820. The molecule has 0 amide bonds. The quantitative estimate of drug-likeness (QED) is 0.855. The van der Waals surface area contributed by atoms with Crippen LogP contribution in [0.2, 0.25) is 0 Å². The largest absolute Gasteiger partial charge is 0.395 e. The van der Waals surface area contributed by atoms with Crippen molar-refractivity contribution in [3.63, 3.8) is 0 Å². The van der Waals surface area contributed by atoms with E-state index in [9.17, 15) is 0 Å². The van der Waals surface area contributed by atoms with Crippen molar-refractivity contribution < 1.29 is 5.11 Å². The van der Waals surface area contributed by atoms with E-state index in [2.05, 4.69) is 35.1 Å². The minimum Gasteiger partial charge on any atom is -0.395 e. The monoisotopic (exact) mass is 277 g/mol. The lowest BCUT2D eigenvalue weighted by atomic mass is 9.95. The number of aliphatic hydroxyl groups excluding tert-OH is 1. The van der Waals surface area contributed by atoms with Crippen molar-refractivity contribution in [2.24, 2.45) is 5.92 Å². The van der Waals surface area contributed by atoms with Gasteiger partial charge in [0.1, 0.15) is 0 Å². The summed E-state index contributed by atoms with van der Waals surface area (Å²) in [4.78, 5) is 3.95. The molecule has 0 saturated carbocycles. The van der Waals surface area contributed by atoms with Crippen LogP contribution in [0, 0.1) is 17.8 Å². The van der Waals surface area contributed by atoms with Gasteiger partial charge in [-0.25, -0.2) is 0 Å².